The lowest BCUT2D eigenvalue weighted by Crippen LogP contribution is -1.87. The molecule has 52 valence electrons. The lowest BCUT2D eigenvalue weighted by molar-refractivity contribution is 0.109. The van der Waals surface area contributed by atoms with Crippen LogP contribution >= 0.6 is 12.6 Å². The van der Waals surface area contributed by atoms with Gasteiger partial charge in [0.2, 0.25) is 5.12 Å². The Hall–Kier alpha value is -0.830. The number of rotatable bonds is 1. The molecule has 0 N–H and O–H groups in total. The maximum Gasteiger partial charge on any atom is 0.216 e. The molecule has 0 radical (unpaired) electrons. The van der Waals surface area contributed by atoms with Crippen molar-refractivity contribution >= 4 is 17.7 Å². The summed E-state index contributed by atoms with van der Waals surface area (Å²) in [5, 5.41) is -0.347. The first kappa shape index (κ1) is 7.28. The number of thiol groups is 1. The maximum atomic E-state index is 12.2. The SMILES string of the molecule is O=C(S)c1ccc(F)cc1. The maximum absolute atomic E-state index is 12.2. The minimum atomic E-state index is -0.349. The van der Waals surface area contributed by atoms with Gasteiger partial charge in [0.25, 0.3) is 0 Å². The molecule has 0 amide bonds. The highest BCUT2D eigenvalue weighted by Gasteiger charge is 1.97. The van der Waals surface area contributed by atoms with Gasteiger partial charge < -0.3 is 0 Å². The highest BCUT2D eigenvalue weighted by Crippen LogP contribution is 2.04. The molecule has 3 heteroatoms. The number of halogens is 1. The van der Waals surface area contributed by atoms with Crippen LogP contribution in [0.25, 0.3) is 0 Å². The van der Waals surface area contributed by atoms with Gasteiger partial charge in [0.05, 0.1) is 0 Å². The van der Waals surface area contributed by atoms with E-state index in [4.69, 9.17) is 0 Å². The predicted molar refractivity (Wildman–Crippen MR) is 39.7 cm³/mol. The van der Waals surface area contributed by atoms with Gasteiger partial charge in [0.1, 0.15) is 5.82 Å². The number of hydrogen-bond donors (Lipinski definition) is 1. The highest BCUT2D eigenvalue weighted by molar-refractivity contribution is 7.97. The summed E-state index contributed by atoms with van der Waals surface area (Å²) < 4.78 is 12.2. The summed E-state index contributed by atoms with van der Waals surface area (Å²) in [4.78, 5) is 10.5. The molecule has 0 saturated heterocycles. The minimum Gasteiger partial charge on any atom is -0.282 e. The van der Waals surface area contributed by atoms with Crippen LogP contribution in [0.3, 0.4) is 0 Å². The monoisotopic (exact) mass is 156 g/mol. The van der Waals surface area contributed by atoms with Crippen LogP contribution in [0.1, 0.15) is 10.4 Å². The van der Waals surface area contributed by atoms with Crippen LogP contribution in [0, 0.1) is 5.82 Å². The Bertz CT molecular complexity index is 242. The molecule has 0 fully saturated rings. The summed E-state index contributed by atoms with van der Waals surface area (Å²) >= 11 is 3.56. The number of carbonyl (C=O) groups excluding carboxylic acids is 1. The van der Waals surface area contributed by atoms with Crippen molar-refractivity contribution in [3.05, 3.63) is 35.6 Å². The molecule has 0 aromatic heterocycles. The fourth-order valence-electron chi connectivity index (χ4n) is 0.592. The number of hydrogen-bond acceptors (Lipinski definition) is 1. The van der Waals surface area contributed by atoms with Crippen LogP contribution in [0.4, 0.5) is 4.39 Å². The molecule has 1 aromatic carbocycles. The van der Waals surface area contributed by atoms with Crippen LogP contribution in [0.2, 0.25) is 0 Å². The van der Waals surface area contributed by atoms with Gasteiger partial charge in [-0.2, -0.15) is 0 Å². The summed E-state index contributed by atoms with van der Waals surface area (Å²) in [6, 6.07) is 5.24. The molecule has 0 unspecified atom stereocenters. The molecule has 0 aliphatic carbocycles. The van der Waals surface area contributed by atoms with E-state index in [1.54, 1.807) is 0 Å². The van der Waals surface area contributed by atoms with Gasteiger partial charge in [-0.1, -0.05) is 0 Å². The summed E-state index contributed by atoms with van der Waals surface area (Å²) in [6.45, 7) is 0. The van der Waals surface area contributed by atoms with Gasteiger partial charge in [-0.15, -0.1) is 12.6 Å². The Morgan fingerprint density at radius 2 is 1.80 bits per heavy atom. The van der Waals surface area contributed by atoms with E-state index in [-0.39, 0.29) is 10.9 Å². The quantitative estimate of drug-likeness (QED) is 0.614. The molecule has 1 rings (SSSR count). The van der Waals surface area contributed by atoms with Crippen LogP contribution < -0.4 is 0 Å². The third-order valence-electron chi connectivity index (χ3n) is 1.09. The fraction of sp³-hybridized carbons (Fsp3) is 0. The second-order valence-electron chi connectivity index (χ2n) is 1.81. The smallest absolute Gasteiger partial charge is 0.216 e. The van der Waals surface area contributed by atoms with Crippen molar-refractivity contribution in [2.75, 3.05) is 0 Å². The third-order valence-corrected chi connectivity index (χ3v) is 1.35. The molecule has 0 heterocycles. The Labute approximate surface area is 63.3 Å². The largest absolute Gasteiger partial charge is 0.282 e. The summed E-state index contributed by atoms with van der Waals surface area (Å²) in [5.74, 6) is -0.349. The first-order chi connectivity index (χ1) is 4.70. The van der Waals surface area contributed by atoms with Crippen LogP contribution in [0.15, 0.2) is 24.3 Å². The molecule has 10 heavy (non-hydrogen) atoms. The van der Waals surface area contributed by atoms with Crippen molar-refractivity contribution in [3.8, 4) is 0 Å². The first-order valence-corrected chi connectivity index (χ1v) is 3.14. The second-order valence-corrected chi connectivity index (χ2v) is 2.22. The predicted octanol–water partition coefficient (Wildman–Crippen LogP) is 1.90. The standard InChI is InChI=1S/C7H5FOS/c8-6-3-1-5(2-4-6)7(9)10/h1-4H,(H,9,10). The van der Waals surface area contributed by atoms with Crippen LogP contribution in [-0.2, 0) is 0 Å². The molecular formula is C7H5FOS. The van der Waals surface area contributed by atoms with Crippen molar-refractivity contribution in [2.45, 2.75) is 0 Å². The zero-order chi connectivity index (χ0) is 7.56. The summed E-state index contributed by atoms with van der Waals surface area (Å²) in [7, 11) is 0. The van der Waals surface area contributed by atoms with E-state index in [1.165, 1.54) is 24.3 Å². The Kier molecular flexibility index (Phi) is 2.06. The number of benzene rings is 1. The molecule has 0 aliphatic rings. The normalized spacial score (nSPS) is 9.40. The van der Waals surface area contributed by atoms with Crippen LogP contribution in [-0.4, -0.2) is 5.12 Å². The highest BCUT2D eigenvalue weighted by atomic mass is 32.1. The van der Waals surface area contributed by atoms with Gasteiger partial charge in [-0.25, -0.2) is 4.39 Å². The average Bonchev–Trinajstić information content (AvgIpc) is 1.88. The Balaban J connectivity index is 3.00. The average molecular weight is 156 g/mol. The van der Waals surface area contributed by atoms with Gasteiger partial charge in [-0.05, 0) is 24.3 Å². The zero-order valence-electron chi connectivity index (χ0n) is 5.04. The van der Waals surface area contributed by atoms with Crippen molar-refractivity contribution in [1.82, 2.24) is 0 Å². The van der Waals surface area contributed by atoms with E-state index in [1.807, 2.05) is 0 Å². The van der Waals surface area contributed by atoms with E-state index in [0.717, 1.165) is 0 Å². The van der Waals surface area contributed by atoms with Crippen molar-refractivity contribution in [2.24, 2.45) is 0 Å². The van der Waals surface area contributed by atoms with E-state index < -0.39 is 0 Å². The summed E-state index contributed by atoms with van der Waals surface area (Å²) in [6.07, 6.45) is 0. The Morgan fingerprint density at radius 3 is 2.20 bits per heavy atom. The van der Waals surface area contributed by atoms with Crippen LogP contribution in [0.5, 0.6) is 0 Å². The third kappa shape index (κ3) is 1.57. The molecule has 0 aliphatic heterocycles. The molecule has 1 nitrogen and oxygen atoms in total. The van der Waals surface area contributed by atoms with E-state index >= 15 is 0 Å². The number of carbonyl (C=O) groups is 1. The van der Waals surface area contributed by atoms with Gasteiger partial charge in [0.15, 0.2) is 0 Å². The summed E-state index contributed by atoms with van der Waals surface area (Å²) in [5.41, 5.74) is 0.407. The molecule has 0 saturated carbocycles. The Morgan fingerprint density at radius 1 is 1.30 bits per heavy atom. The molecular weight excluding hydrogens is 151 g/mol. The first-order valence-electron chi connectivity index (χ1n) is 2.69. The molecule has 1 aromatic rings. The van der Waals surface area contributed by atoms with E-state index in [2.05, 4.69) is 12.6 Å². The van der Waals surface area contributed by atoms with Crippen molar-refractivity contribution in [3.63, 3.8) is 0 Å². The van der Waals surface area contributed by atoms with Gasteiger partial charge in [-0.3, -0.25) is 4.79 Å². The van der Waals surface area contributed by atoms with Crippen molar-refractivity contribution < 1.29 is 9.18 Å². The minimum absolute atomic E-state index is 0.347. The molecule has 0 atom stereocenters. The lowest BCUT2D eigenvalue weighted by atomic mass is 10.2. The molecule has 0 spiro atoms. The second kappa shape index (κ2) is 2.84. The van der Waals surface area contributed by atoms with Crippen molar-refractivity contribution in [1.29, 1.82) is 0 Å². The van der Waals surface area contributed by atoms with E-state index in [0.29, 0.717) is 5.56 Å². The van der Waals surface area contributed by atoms with E-state index in [9.17, 15) is 9.18 Å². The van der Waals surface area contributed by atoms with Gasteiger partial charge in [0, 0.05) is 5.56 Å². The van der Waals surface area contributed by atoms with Gasteiger partial charge >= 0.3 is 0 Å². The lowest BCUT2D eigenvalue weighted by Gasteiger charge is -1.91. The zero-order valence-corrected chi connectivity index (χ0v) is 5.94. The fourth-order valence-corrected chi connectivity index (χ4v) is 0.742. The molecule has 0 bridgehead atoms. The topological polar surface area (TPSA) is 17.1 Å².